The minimum atomic E-state index is -0.329. The molecule has 0 saturated heterocycles. The molecule has 1 aromatic rings. The number of carbonyl (C=O) groups excluding carboxylic acids is 2. The lowest BCUT2D eigenvalue weighted by Crippen LogP contribution is -2.07. The molecule has 0 unspecified atom stereocenters. The van der Waals surface area contributed by atoms with E-state index in [1.165, 1.54) is 0 Å². The molecule has 0 bridgehead atoms. The van der Waals surface area contributed by atoms with Gasteiger partial charge < -0.3 is 14.2 Å². The lowest BCUT2D eigenvalue weighted by molar-refractivity contribution is -0.128. The molecule has 0 atom stereocenters. The van der Waals surface area contributed by atoms with Crippen LogP contribution in [0.15, 0.2) is 24.3 Å². The van der Waals surface area contributed by atoms with Gasteiger partial charge in [-0.25, -0.2) is 4.79 Å². The predicted octanol–water partition coefficient (Wildman–Crippen LogP) is 3.37. The van der Waals surface area contributed by atoms with Gasteiger partial charge in [0.05, 0.1) is 25.4 Å². The number of esters is 1. The van der Waals surface area contributed by atoms with Crippen molar-refractivity contribution < 1.29 is 23.8 Å². The third-order valence-corrected chi connectivity index (χ3v) is 3.06. The van der Waals surface area contributed by atoms with Crippen LogP contribution >= 0.6 is 0 Å². The Kier molecular flexibility index (Phi) is 9.50. The first-order valence-corrected chi connectivity index (χ1v) is 7.73. The van der Waals surface area contributed by atoms with E-state index in [0.29, 0.717) is 31.9 Å². The number of carbonyl (C=O) groups is 2. The second kappa shape index (κ2) is 11.6. The molecule has 5 nitrogen and oxygen atoms in total. The lowest BCUT2D eigenvalue weighted by Gasteiger charge is -2.07. The number of ether oxygens (including phenoxy) is 3. The molecule has 0 aliphatic heterocycles. The number of hydrogen-bond acceptors (Lipinski definition) is 5. The minimum Gasteiger partial charge on any atom is -0.494 e. The highest BCUT2D eigenvalue weighted by Crippen LogP contribution is 2.13. The Balaban J connectivity index is 2.20. The van der Waals surface area contributed by atoms with Crippen molar-refractivity contribution in [1.82, 2.24) is 0 Å². The summed E-state index contributed by atoms with van der Waals surface area (Å²) in [5.41, 5.74) is 0.520. The molecule has 22 heavy (non-hydrogen) atoms. The van der Waals surface area contributed by atoms with Gasteiger partial charge in [0, 0.05) is 0 Å². The SMILES string of the molecule is CCCCOc1ccc(C(=O)OCCCCCOC=O)cc1. The van der Waals surface area contributed by atoms with Crippen LogP contribution in [-0.2, 0) is 14.3 Å². The summed E-state index contributed by atoms with van der Waals surface area (Å²) in [6.07, 6.45) is 4.49. The average molecular weight is 308 g/mol. The summed E-state index contributed by atoms with van der Waals surface area (Å²) in [6, 6.07) is 6.98. The van der Waals surface area contributed by atoms with E-state index in [0.717, 1.165) is 37.9 Å². The van der Waals surface area contributed by atoms with Gasteiger partial charge in [0.2, 0.25) is 0 Å². The third kappa shape index (κ3) is 7.67. The highest BCUT2D eigenvalue weighted by Gasteiger charge is 2.06. The van der Waals surface area contributed by atoms with E-state index in [9.17, 15) is 9.59 Å². The van der Waals surface area contributed by atoms with Crippen molar-refractivity contribution in [1.29, 1.82) is 0 Å². The van der Waals surface area contributed by atoms with Gasteiger partial charge in [-0.2, -0.15) is 0 Å². The second-order valence-corrected chi connectivity index (χ2v) is 4.89. The smallest absolute Gasteiger partial charge is 0.338 e. The molecule has 0 amide bonds. The molecule has 0 aromatic heterocycles. The van der Waals surface area contributed by atoms with E-state index >= 15 is 0 Å². The fourth-order valence-corrected chi connectivity index (χ4v) is 1.78. The maximum Gasteiger partial charge on any atom is 0.338 e. The van der Waals surface area contributed by atoms with Crippen LogP contribution in [0.4, 0.5) is 0 Å². The molecule has 0 saturated carbocycles. The lowest BCUT2D eigenvalue weighted by atomic mass is 10.2. The summed E-state index contributed by atoms with van der Waals surface area (Å²) in [5, 5.41) is 0. The van der Waals surface area contributed by atoms with Gasteiger partial charge in [0.25, 0.3) is 6.47 Å². The third-order valence-electron chi connectivity index (χ3n) is 3.06. The van der Waals surface area contributed by atoms with Crippen LogP contribution in [-0.4, -0.2) is 32.3 Å². The Morgan fingerprint density at radius 3 is 2.41 bits per heavy atom. The maximum absolute atomic E-state index is 11.8. The molecule has 1 aromatic carbocycles. The Labute approximate surface area is 131 Å². The Morgan fingerprint density at radius 1 is 1.00 bits per heavy atom. The summed E-state index contributed by atoms with van der Waals surface area (Å²) < 4.78 is 15.3. The number of benzene rings is 1. The molecular weight excluding hydrogens is 284 g/mol. The predicted molar refractivity (Wildman–Crippen MR) is 83.0 cm³/mol. The second-order valence-electron chi connectivity index (χ2n) is 4.89. The van der Waals surface area contributed by atoms with E-state index in [4.69, 9.17) is 9.47 Å². The molecule has 0 aliphatic rings. The zero-order valence-corrected chi connectivity index (χ0v) is 13.1. The minimum absolute atomic E-state index is 0.329. The highest BCUT2D eigenvalue weighted by atomic mass is 16.5. The molecule has 0 heterocycles. The zero-order valence-electron chi connectivity index (χ0n) is 13.1. The number of hydrogen-bond donors (Lipinski definition) is 0. The first kappa shape index (κ1) is 18.0. The normalized spacial score (nSPS) is 10.0. The van der Waals surface area contributed by atoms with Gasteiger partial charge in [0.1, 0.15) is 5.75 Å². The van der Waals surface area contributed by atoms with E-state index in [-0.39, 0.29) is 5.97 Å². The molecule has 0 aliphatic carbocycles. The van der Waals surface area contributed by atoms with Gasteiger partial charge in [-0.05, 0) is 49.9 Å². The molecule has 0 fully saturated rings. The molecule has 122 valence electrons. The molecule has 0 spiro atoms. The Morgan fingerprint density at radius 2 is 1.73 bits per heavy atom. The standard InChI is InChI=1S/C17H24O5/c1-2-3-12-21-16-9-7-15(8-10-16)17(19)22-13-6-4-5-11-20-14-18/h7-10,14H,2-6,11-13H2,1H3. The molecule has 5 heteroatoms. The first-order chi connectivity index (χ1) is 10.8. The summed E-state index contributed by atoms with van der Waals surface area (Å²) in [5.74, 6) is 0.435. The van der Waals surface area contributed by atoms with Crippen molar-refractivity contribution >= 4 is 12.4 Å². The van der Waals surface area contributed by atoms with Gasteiger partial charge in [-0.15, -0.1) is 0 Å². The van der Waals surface area contributed by atoms with Gasteiger partial charge in [-0.3, -0.25) is 4.79 Å². The summed E-state index contributed by atoms with van der Waals surface area (Å²) in [7, 11) is 0. The monoisotopic (exact) mass is 308 g/mol. The van der Waals surface area contributed by atoms with Crippen LogP contribution in [0.5, 0.6) is 5.75 Å². The molecule has 1 rings (SSSR count). The first-order valence-electron chi connectivity index (χ1n) is 7.73. The van der Waals surface area contributed by atoms with E-state index in [1.54, 1.807) is 24.3 Å². The topological polar surface area (TPSA) is 61.8 Å². The van der Waals surface area contributed by atoms with Crippen molar-refractivity contribution in [2.24, 2.45) is 0 Å². The van der Waals surface area contributed by atoms with Crippen LogP contribution in [0.25, 0.3) is 0 Å². The Hall–Kier alpha value is -2.04. The molecule has 0 radical (unpaired) electrons. The van der Waals surface area contributed by atoms with Crippen LogP contribution < -0.4 is 4.74 Å². The van der Waals surface area contributed by atoms with Crippen molar-refractivity contribution in [3.05, 3.63) is 29.8 Å². The fraction of sp³-hybridized carbons (Fsp3) is 0.529. The highest BCUT2D eigenvalue weighted by molar-refractivity contribution is 5.89. The van der Waals surface area contributed by atoms with E-state index in [1.807, 2.05) is 0 Å². The molecule has 0 N–H and O–H groups in total. The number of rotatable bonds is 12. The maximum atomic E-state index is 11.8. The van der Waals surface area contributed by atoms with Crippen molar-refractivity contribution in [2.45, 2.75) is 39.0 Å². The Bertz CT molecular complexity index is 427. The average Bonchev–Trinajstić information content (AvgIpc) is 2.55. The fourth-order valence-electron chi connectivity index (χ4n) is 1.78. The van der Waals surface area contributed by atoms with E-state index in [2.05, 4.69) is 11.7 Å². The van der Waals surface area contributed by atoms with Gasteiger partial charge in [-0.1, -0.05) is 13.3 Å². The van der Waals surface area contributed by atoms with Crippen molar-refractivity contribution in [3.63, 3.8) is 0 Å². The zero-order chi connectivity index (χ0) is 16.0. The van der Waals surface area contributed by atoms with Crippen LogP contribution in [0.2, 0.25) is 0 Å². The van der Waals surface area contributed by atoms with E-state index < -0.39 is 0 Å². The summed E-state index contributed by atoms with van der Waals surface area (Å²) >= 11 is 0. The van der Waals surface area contributed by atoms with Crippen LogP contribution in [0.1, 0.15) is 49.4 Å². The van der Waals surface area contributed by atoms with Crippen LogP contribution in [0, 0.1) is 0 Å². The summed E-state index contributed by atoms with van der Waals surface area (Å²) in [6.45, 7) is 4.02. The quantitative estimate of drug-likeness (QED) is 0.336. The van der Waals surface area contributed by atoms with Gasteiger partial charge >= 0.3 is 5.97 Å². The van der Waals surface area contributed by atoms with Crippen LogP contribution in [0.3, 0.4) is 0 Å². The van der Waals surface area contributed by atoms with Crippen molar-refractivity contribution in [2.75, 3.05) is 19.8 Å². The van der Waals surface area contributed by atoms with Gasteiger partial charge in [0.15, 0.2) is 0 Å². The summed E-state index contributed by atoms with van der Waals surface area (Å²) in [4.78, 5) is 21.8. The molecular formula is C17H24O5. The largest absolute Gasteiger partial charge is 0.494 e. The van der Waals surface area contributed by atoms with Crippen molar-refractivity contribution in [3.8, 4) is 5.75 Å². The number of unbranched alkanes of at least 4 members (excludes halogenated alkanes) is 3.